The molecule has 0 atom stereocenters. The van der Waals surface area contributed by atoms with Crippen LogP contribution in [0.25, 0.3) is 0 Å². The van der Waals surface area contributed by atoms with Gasteiger partial charge in [-0.3, -0.25) is 4.72 Å². The molecule has 0 bridgehead atoms. The van der Waals surface area contributed by atoms with E-state index in [1.165, 1.54) is 0 Å². The summed E-state index contributed by atoms with van der Waals surface area (Å²) in [7, 11) is -3.57. The van der Waals surface area contributed by atoms with Gasteiger partial charge in [0, 0.05) is 0 Å². The third-order valence-electron chi connectivity index (χ3n) is 1.72. The Kier molecular flexibility index (Phi) is 4.12. The molecular weight excluding hydrogens is 268 g/mol. The first-order chi connectivity index (χ1) is 7.30. The number of benzene rings is 1. The zero-order valence-corrected chi connectivity index (χ0v) is 10.9. The molecule has 0 spiro atoms. The van der Waals surface area contributed by atoms with Crippen molar-refractivity contribution in [3.05, 3.63) is 28.8 Å². The number of hydrogen-bond acceptors (Lipinski definition) is 3. The maximum absolute atomic E-state index is 11.5. The highest BCUT2D eigenvalue weighted by Crippen LogP contribution is 2.23. The molecular formula is C9H11ClN2O2S2. The molecule has 88 valence electrons. The Balaban J connectivity index is 2.96. The minimum atomic E-state index is -3.57. The fourth-order valence-electron chi connectivity index (χ4n) is 1.11. The van der Waals surface area contributed by atoms with E-state index in [1.54, 1.807) is 18.2 Å². The molecule has 1 rings (SSSR count). The van der Waals surface area contributed by atoms with Gasteiger partial charge in [-0.2, -0.15) is 0 Å². The lowest BCUT2D eigenvalue weighted by Gasteiger charge is -2.09. The number of anilines is 1. The van der Waals surface area contributed by atoms with E-state index in [0.29, 0.717) is 10.7 Å². The van der Waals surface area contributed by atoms with Crippen LogP contribution in [0.15, 0.2) is 18.2 Å². The van der Waals surface area contributed by atoms with Crippen LogP contribution in [0.2, 0.25) is 5.02 Å². The molecule has 3 N–H and O–H groups in total. The average Bonchev–Trinajstić information content (AvgIpc) is 2.08. The van der Waals surface area contributed by atoms with E-state index in [4.69, 9.17) is 17.3 Å². The van der Waals surface area contributed by atoms with Gasteiger partial charge in [-0.15, -0.1) is 0 Å². The van der Waals surface area contributed by atoms with E-state index in [0.717, 1.165) is 5.56 Å². The highest BCUT2D eigenvalue weighted by Gasteiger charge is 2.13. The molecule has 4 nitrogen and oxygen atoms in total. The molecule has 0 radical (unpaired) electrons. The molecule has 0 amide bonds. The number of hydrogen-bond donors (Lipinski definition) is 2. The third-order valence-corrected chi connectivity index (χ3v) is 3.60. The smallest absolute Gasteiger partial charge is 0.239 e. The van der Waals surface area contributed by atoms with Crippen molar-refractivity contribution in [3.63, 3.8) is 0 Å². The summed E-state index contributed by atoms with van der Waals surface area (Å²) in [5.74, 6) is -0.396. The number of rotatable bonds is 4. The molecule has 0 aliphatic heterocycles. The van der Waals surface area contributed by atoms with Gasteiger partial charge in [0.2, 0.25) is 10.0 Å². The summed E-state index contributed by atoms with van der Waals surface area (Å²) in [6.07, 6.45) is 0. The molecule has 0 aliphatic carbocycles. The maximum atomic E-state index is 11.5. The van der Waals surface area contributed by atoms with Crippen LogP contribution in [0.5, 0.6) is 0 Å². The number of nitrogens with one attached hydrogen (secondary N) is 1. The Hall–Kier alpha value is -0.850. The number of thiocarbonyl (C=S) groups is 1. The van der Waals surface area contributed by atoms with Crippen molar-refractivity contribution in [1.82, 2.24) is 0 Å². The molecule has 0 fully saturated rings. The molecule has 0 aromatic heterocycles. The molecule has 0 aliphatic rings. The SMILES string of the molecule is Cc1ccc(Cl)c(NS(=O)(=O)CC(N)=S)c1. The van der Waals surface area contributed by atoms with Gasteiger partial charge in [-0.05, 0) is 24.6 Å². The normalized spacial score (nSPS) is 11.1. The van der Waals surface area contributed by atoms with Crippen LogP contribution in [0.3, 0.4) is 0 Å². The summed E-state index contributed by atoms with van der Waals surface area (Å²) in [6.45, 7) is 1.84. The molecule has 0 saturated heterocycles. The van der Waals surface area contributed by atoms with Crippen molar-refractivity contribution in [2.75, 3.05) is 10.5 Å². The lowest BCUT2D eigenvalue weighted by Crippen LogP contribution is -2.26. The van der Waals surface area contributed by atoms with Gasteiger partial charge < -0.3 is 5.73 Å². The Morgan fingerprint density at radius 2 is 2.19 bits per heavy atom. The first-order valence-corrected chi connectivity index (χ1v) is 6.79. The van der Waals surface area contributed by atoms with Crippen LogP contribution < -0.4 is 10.5 Å². The van der Waals surface area contributed by atoms with Gasteiger partial charge in [0.25, 0.3) is 0 Å². The largest absolute Gasteiger partial charge is 0.392 e. The van der Waals surface area contributed by atoms with Crippen LogP contribution >= 0.6 is 23.8 Å². The predicted octanol–water partition coefficient (Wildman–Crippen LogP) is 1.68. The van der Waals surface area contributed by atoms with Crippen molar-refractivity contribution < 1.29 is 8.42 Å². The predicted molar refractivity (Wildman–Crippen MR) is 70.4 cm³/mol. The number of aryl methyl sites for hydroxylation is 1. The van der Waals surface area contributed by atoms with Crippen LogP contribution in [0.4, 0.5) is 5.69 Å². The van der Waals surface area contributed by atoms with Gasteiger partial charge in [-0.25, -0.2) is 8.42 Å². The average molecular weight is 279 g/mol. The third kappa shape index (κ3) is 3.96. The number of sulfonamides is 1. The van der Waals surface area contributed by atoms with Gasteiger partial charge in [0.05, 0.1) is 15.7 Å². The quantitative estimate of drug-likeness (QED) is 0.822. The second kappa shape index (κ2) is 4.99. The van der Waals surface area contributed by atoms with E-state index < -0.39 is 15.8 Å². The summed E-state index contributed by atoms with van der Waals surface area (Å²) in [4.78, 5) is -0.0868. The minimum Gasteiger partial charge on any atom is -0.392 e. The van der Waals surface area contributed by atoms with Crippen LogP contribution in [-0.2, 0) is 10.0 Å². The minimum absolute atomic E-state index is 0.0868. The van der Waals surface area contributed by atoms with Crippen LogP contribution in [0, 0.1) is 6.92 Å². The van der Waals surface area contributed by atoms with Gasteiger partial charge in [0.1, 0.15) is 5.75 Å². The molecule has 0 heterocycles. The van der Waals surface area contributed by atoms with Crippen LogP contribution in [0.1, 0.15) is 5.56 Å². The second-order valence-corrected chi connectivity index (χ2v) is 5.96. The van der Waals surface area contributed by atoms with Crippen molar-refractivity contribution >= 4 is 44.5 Å². The fourth-order valence-corrected chi connectivity index (χ4v) is 2.75. The van der Waals surface area contributed by atoms with Crippen molar-refractivity contribution in [1.29, 1.82) is 0 Å². The van der Waals surface area contributed by atoms with E-state index in [2.05, 4.69) is 16.9 Å². The molecule has 16 heavy (non-hydrogen) atoms. The Morgan fingerprint density at radius 1 is 1.56 bits per heavy atom. The fraction of sp³-hybridized carbons (Fsp3) is 0.222. The second-order valence-electron chi connectivity index (χ2n) is 3.31. The van der Waals surface area contributed by atoms with Crippen molar-refractivity contribution in [2.45, 2.75) is 6.92 Å². The number of nitrogens with two attached hydrogens (primary N) is 1. The number of halogens is 1. The molecule has 0 saturated carbocycles. The molecule has 1 aromatic carbocycles. The topological polar surface area (TPSA) is 72.2 Å². The molecule has 0 unspecified atom stereocenters. The Labute approximate surface area is 105 Å². The first-order valence-electron chi connectivity index (χ1n) is 4.35. The molecule has 1 aromatic rings. The van der Waals surface area contributed by atoms with E-state index in [1.807, 2.05) is 6.92 Å². The van der Waals surface area contributed by atoms with Gasteiger partial charge >= 0.3 is 0 Å². The van der Waals surface area contributed by atoms with Gasteiger partial charge in [0.15, 0.2) is 0 Å². The van der Waals surface area contributed by atoms with Crippen molar-refractivity contribution in [3.8, 4) is 0 Å². The summed E-state index contributed by atoms with van der Waals surface area (Å²) in [5, 5.41) is 0.331. The van der Waals surface area contributed by atoms with E-state index in [-0.39, 0.29) is 4.99 Å². The standard InChI is InChI=1S/C9H11ClN2O2S2/c1-6-2-3-7(10)8(4-6)12-16(13,14)5-9(11)15/h2-4,12H,5H2,1H3,(H2,11,15). The summed E-state index contributed by atoms with van der Waals surface area (Å²) in [5.41, 5.74) is 6.41. The Morgan fingerprint density at radius 3 is 2.75 bits per heavy atom. The summed E-state index contributed by atoms with van der Waals surface area (Å²) in [6, 6.07) is 5.04. The molecule has 7 heteroatoms. The van der Waals surface area contributed by atoms with E-state index in [9.17, 15) is 8.42 Å². The zero-order valence-electron chi connectivity index (χ0n) is 8.53. The Bertz CT molecular complexity index is 514. The summed E-state index contributed by atoms with van der Waals surface area (Å²) >= 11 is 10.4. The highest BCUT2D eigenvalue weighted by atomic mass is 35.5. The highest BCUT2D eigenvalue weighted by molar-refractivity contribution is 7.95. The van der Waals surface area contributed by atoms with E-state index >= 15 is 0 Å². The first kappa shape index (κ1) is 13.2. The van der Waals surface area contributed by atoms with Crippen LogP contribution in [-0.4, -0.2) is 19.2 Å². The lowest BCUT2D eigenvalue weighted by molar-refractivity contribution is 0.605. The van der Waals surface area contributed by atoms with Crippen molar-refractivity contribution in [2.24, 2.45) is 5.73 Å². The lowest BCUT2D eigenvalue weighted by atomic mass is 10.2. The zero-order chi connectivity index (χ0) is 12.3. The summed E-state index contributed by atoms with van der Waals surface area (Å²) < 4.78 is 25.4. The monoisotopic (exact) mass is 278 g/mol. The maximum Gasteiger partial charge on any atom is 0.239 e. The van der Waals surface area contributed by atoms with Gasteiger partial charge in [-0.1, -0.05) is 29.9 Å².